The van der Waals surface area contributed by atoms with Gasteiger partial charge in [-0.15, -0.1) is 0 Å². The normalized spacial score (nSPS) is 11.7. The maximum atomic E-state index is 12.9. The molecular weight excluding hydrogens is 452 g/mol. The van der Waals surface area contributed by atoms with Crippen molar-refractivity contribution in [2.45, 2.75) is 26.5 Å². The number of ether oxygens (including phenoxy) is 2. The smallest absolute Gasteiger partial charge is 0.347 e. The minimum absolute atomic E-state index is 0.130. The Morgan fingerprint density at radius 2 is 1.83 bits per heavy atom. The zero-order chi connectivity index (χ0) is 21.7. The van der Waals surface area contributed by atoms with Gasteiger partial charge < -0.3 is 19.4 Å². The van der Waals surface area contributed by atoms with Crippen molar-refractivity contribution >= 4 is 44.3 Å². The molecule has 3 rings (SSSR count). The summed E-state index contributed by atoms with van der Waals surface area (Å²) in [6, 6.07) is 13.9. The number of benzene rings is 2. The highest BCUT2D eigenvalue weighted by molar-refractivity contribution is 9.10. The lowest BCUT2D eigenvalue weighted by Gasteiger charge is -2.15. The van der Waals surface area contributed by atoms with E-state index in [0.717, 1.165) is 4.47 Å². The summed E-state index contributed by atoms with van der Waals surface area (Å²) in [7, 11) is 0. The second-order valence-electron chi connectivity index (χ2n) is 6.53. The molecule has 0 aliphatic heterocycles. The molecule has 0 bridgehead atoms. The van der Waals surface area contributed by atoms with E-state index in [0.29, 0.717) is 22.2 Å². The number of pyridine rings is 1. The minimum atomic E-state index is -0.810. The van der Waals surface area contributed by atoms with Crippen molar-refractivity contribution in [3.63, 3.8) is 0 Å². The number of amides is 1. The van der Waals surface area contributed by atoms with Gasteiger partial charge in [0.1, 0.15) is 12.3 Å². The number of rotatable bonds is 7. The number of esters is 1. The van der Waals surface area contributed by atoms with Crippen molar-refractivity contribution in [2.24, 2.45) is 0 Å². The molecule has 30 heavy (non-hydrogen) atoms. The van der Waals surface area contributed by atoms with Crippen molar-refractivity contribution in [2.75, 3.05) is 11.9 Å². The maximum Gasteiger partial charge on any atom is 0.347 e. The van der Waals surface area contributed by atoms with E-state index in [9.17, 15) is 14.4 Å². The topological polar surface area (TPSA) is 86.6 Å². The molecular formula is C22H21BrN2O5. The Morgan fingerprint density at radius 3 is 2.53 bits per heavy atom. The first kappa shape index (κ1) is 21.6. The first-order valence-corrected chi connectivity index (χ1v) is 10.2. The molecule has 0 radical (unpaired) electrons. The monoisotopic (exact) mass is 472 g/mol. The van der Waals surface area contributed by atoms with Crippen LogP contribution in [0.1, 0.15) is 13.8 Å². The number of hydrogen-bond acceptors (Lipinski definition) is 5. The number of hydrogen-bond donors (Lipinski definition) is 1. The predicted octanol–water partition coefficient (Wildman–Crippen LogP) is 3.73. The van der Waals surface area contributed by atoms with Crippen LogP contribution in [0.3, 0.4) is 0 Å². The van der Waals surface area contributed by atoms with Gasteiger partial charge in [-0.2, -0.15) is 0 Å². The molecule has 0 spiro atoms. The molecule has 0 saturated carbocycles. The lowest BCUT2D eigenvalue weighted by Crippen LogP contribution is -2.28. The van der Waals surface area contributed by atoms with E-state index in [1.165, 1.54) is 10.8 Å². The van der Waals surface area contributed by atoms with Crippen LogP contribution in [0.2, 0.25) is 0 Å². The van der Waals surface area contributed by atoms with Crippen LogP contribution in [0.25, 0.3) is 10.8 Å². The SMILES string of the molecule is CCOC(=O)C(C)Oc1cccc2c(=O)n(CC(=O)Nc3ccc(Br)cc3)ccc12. The Morgan fingerprint density at radius 1 is 1.10 bits per heavy atom. The van der Waals surface area contributed by atoms with Gasteiger partial charge >= 0.3 is 5.97 Å². The van der Waals surface area contributed by atoms with Crippen LogP contribution < -0.4 is 15.6 Å². The molecule has 1 heterocycles. The average molecular weight is 473 g/mol. The van der Waals surface area contributed by atoms with Gasteiger partial charge in [-0.1, -0.05) is 22.0 Å². The third-order valence-corrected chi connectivity index (χ3v) is 4.87. The first-order chi connectivity index (χ1) is 14.4. The van der Waals surface area contributed by atoms with Gasteiger partial charge in [0.2, 0.25) is 5.91 Å². The van der Waals surface area contributed by atoms with E-state index in [1.54, 1.807) is 50.2 Å². The highest BCUT2D eigenvalue weighted by Crippen LogP contribution is 2.24. The van der Waals surface area contributed by atoms with Gasteiger partial charge in [0.25, 0.3) is 5.56 Å². The molecule has 7 nitrogen and oxygen atoms in total. The fraction of sp³-hybridized carbons (Fsp3) is 0.227. The Labute approximate surface area is 181 Å². The fourth-order valence-corrected chi connectivity index (χ4v) is 3.17. The number of fused-ring (bicyclic) bond motifs is 1. The molecule has 8 heteroatoms. The molecule has 0 fully saturated rings. The summed E-state index contributed by atoms with van der Waals surface area (Å²) >= 11 is 3.34. The molecule has 1 N–H and O–H groups in total. The van der Waals surface area contributed by atoms with Crippen LogP contribution in [0.4, 0.5) is 5.69 Å². The third kappa shape index (κ3) is 5.07. The minimum Gasteiger partial charge on any atom is -0.478 e. The fourth-order valence-electron chi connectivity index (χ4n) is 2.90. The standard InChI is InChI=1S/C22H21BrN2O5/c1-3-29-22(28)14(2)30-19-6-4-5-18-17(19)11-12-25(21(18)27)13-20(26)24-16-9-7-15(23)8-10-16/h4-12,14H,3,13H2,1-2H3,(H,24,26). The number of nitrogens with zero attached hydrogens (tertiary/aromatic N) is 1. The lowest BCUT2D eigenvalue weighted by atomic mass is 10.1. The molecule has 0 saturated heterocycles. The Balaban J connectivity index is 1.80. The molecule has 156 valence electrons. The molecule has 1 amide bonds. The Kier molecular flexibility index (Phi) is 6.89. The van der Waals surface area contributed by atoms with Crippen molar-refractivity contribution < 1.29 is 19.1 Å². The molecule has 0 aliphatic rings. The summed E-state index contributed by atoms with van der Waals surface area (Å²) in [5.74, 6) is -0.397. The van der Waals surface area contributed by atoms with Crippen LogP contribution in [0, 0.1) is 0 Å². The third-order valence-electron chi connectivity index (χ3n) is 4.34. The largest absolute Gasteiger partial charge is 0.478 e. The molecule has 2 aromatic carbocycles. The van der Waals surface area contributed by atoms with Gasteiger partial charge in [-0.25, -0.2) is 4.79 Å². The quantitative estimate of drug-likeness (QED) is 0.529. The van der Waals surface area contributed by atoms with Crippen LogP contribution in [0.15, 0.2) is 64.0 Å². The van der Waals surface area contributed by atoms with Gasteiger partial charge in [-0.05, 0) is 56.3 Å². The second kappa shape index (κ2) is 9.58. The highest BCUT2D eigenvalue weighted by Gasteiger charge is 2.18. The summed E-state index contributed by atoms with van der Waals surface area (Å²) in [6.45, 7) is 3.44. The lowest BCUT2D eigenvalue weighted by molar-refractivity contribution is -0.150. The average Bonchev–Trinajstić information content (AvgIpc) is 2.72. The molecule has 0 aliphatic carbocycles. The number of nitrogens with one attached hydrogen (secondary N) is 1. The van der Waals surface area contributed by atoms with Gasteiger partial charge in [0.05, 0.1) is 12.0 Å². The van der Waals surface area contributed by atoms with Gasteiger partial charge in [-0.3, -0.25) is 9.59 Å². The Hall–Kier alpha value is -3.13. The highest BCUT2D eigenvalue weighted by atomic mass is 79.9. The molecule has 3 aromatic rings. The van der Waals surface area contributed by atoms with E-state index in [-0.39, 0.29) is 24.6 Å². The molecule has 1 unspecified atom stereocenters. The second-order valence-corrected chi connectivity index (χ2v) is 7.45. The summed E-state index contributed by atoms with van der Waals surface area (Å²) < 4.78 is 12.9. The number of halogens is 1. The predicted molar refractivity (Wildman–Crippen MR) is 118 cm³/mol. The van der Waals surface area contributed by atoms with E-state index >= 15 is 0 Å². The van der Waals surface area contributed by atoms with E-state index in [1.807, 2.05) is 12.1 Å². The number of aromatic nitrogens is 1. The van der Waals surface area contributed by atoms with E-state index in [4.69, 9.17) is 9.47 Å². The van der Waals surface area contributed by atoms with Crippen molar-refractivity contribution in [3.05, 3.63) is 69.6 Å². The molecule has 1 atom stereocenters. The number of anilines is 1. The van der Waals surface area contributed by atoms with Crippen LogP contribution in [-0.4, -0.2) is 29.2 Å². The van der Waals surface area contributed by atoms with Crippen molar-refractivity contribution in [1.29, 1.82) is 0 Å². The zero-order valence-corrected chi connectivity index (χ0v) is 18.1. The van der Waals surface area contributed by atoms with E-state index in [2.05, 4.69) is 21.2 Å². The summed E-state index contributed by atoms with van der Waals surface area (Å²) in [5, 5.41) is 3.71. The molecule has 1 aromatic heterocycles. The van der Waals surface area contributed by atoms with Gasteiger partial charge in [0.15, 0.2) is 6.10 Å². The zero-order valence-electron chi connectivity index (χ0n) is 16.6. The summed E-state index contributed by atoms with van der Waals surface area (Å²) in [4.78, 5) is 37.0. The number of carbonyl (C=O) groups is 2. The van der Waals surface area contributed by atoms with Crippen LogP contribution in [-0.2, 0) is 20.9 Å². The Bertz CT molecular complexity index is 1120. The van der Waals surface area contributed by atoms with Crippen LogP contribution >= 0.6 is 15.9 Å². The van der Waals surface area contributed by atoms with E-state index < -0.39 is 12.1 Å². The first-order valence-electron chi connectivity index (χ1n) is 9.40. The maximum absolute atomic E-state index is 12.9. The van der Waals surface area contributed by atoms with Crippen molar-refractivity contribution in [3.8, 4) is 5.75 Å². The van der Waals surface area contributed by atoms with Gasteiger partial charge in [0, 0.05) is 21.7 Å². The summed E-state index contributed by atoms with van der Waals surface area (Å²) in [5.41, 5.74) is 0.313. The van der Waals surface area contributed by atoms with Crippen LogP contribution in [0.5, 0.6) is 5.75 Å². The summed E-state index contributed by atoms with van der Waals surface area (Å²) in [6.07, 6.45) is 0.725. The number of carbonyl (C=O) groups excluding carboxylic acids is 2. The van der Waals surface area contributed by atoms with Crippen molar-refractivity contribution in [1.82, 2.24) is 4.57 Å².